The Hall–Kier alpha value is -3.12. The third-order valence-corrected chi connectivity index (χ3v) is 5.43. The van der Waals surface area contributed by atoms with Gasteiger partial charge in [-0.15, -0.1) is 11.3 Å². The average Bonchev–Trinajstić information content (AvgIpc) is 3.27. The van der Waals surface area contributed by atoms with Gasteiger partial charge in [-0.1, -0.05) is 48.0 Å². The van der Waals surface area contributed by atoms with E-state index in [1.165, 1.54) is 0 Å². The second-order valence-electron chi connectivity index (χ2n) is 6.84. The van der Waals surface area contributed by atoms with Crippen molar-refractivity contribution in [3.05, 3.63) is 87.6 Å². The van der Waals surface area contributed by atoms with Crippen LogP contribution in [0.5, 0.6) is 5.75 Å². The molecule has 0 fully saturated rings. The summed E-state index contributed by atoms with van der Waals surface area (Å²) in [5.74, 6) is -0.0314. The molecule has 5 nitrogen and oxygen atoms in total. The lowest BCUT2D eigenvalue weighted by Crippen LogP contribution is -2.33. The van der Waals surface area contributed by atoms with Crippen molar-refractivity contribution >= 4 is 23.2 Å². The Balaban J connectivity index is 1.55. The molecule has 0 radical (unpaired) electrons. The highest BCUT2D eigenvalue weighted by molar-refractivity contribution is 7.10. The molecular weight excluding hydrogens is 398 g/mol. The van der Waals surface area contributed by atoms with Crippen LogP contribution in [0.3, 0.4) is 0 Å². The van der Waals surface area contributed by atoms with Gasteiger partial charge < -0.3 is 14.8 Å². The standard InChI is InChI=1S/C24H25NO4S/c1-3-28-20-12-8-18(9-13-20)15-23(27)29-16-22(26)25-24(21-5-4-14-30-21)19-10-6-17(2)7-11-19/h4-14,24H,3,15-16H2,1-2H3,(H,25,26). The molecule has 0 spiro atoms. The number of rotatable bonds is 9. The monoisotopic (exact) mass is 423 g/mol. The van der Waals surface area contributed by atoms with Crippen LogP contribution in [0.25, 0.3) is 0 Å². The molecule has 6 heteroatoms. The van der Waals surface area contributed by atoms with E-state index in [2.05, 4.69) is 5.32 Å². The minimum absolute atomic E-state index is 0.103. The molecule has 1 amide bonds. The van der Waals surface area contributed by atoms with E-state index in [1.54, 1.807) is 11.3 Å². The second-order valence-corrected chi connectivity index (χ2v) is 7.82. The van der Waals surface area contributed by atoms with Gasteiger partial charge >= 0.3 is 5.97 Å². The first kappa shape index (κ1) is 21.6. The van der Waals surface area contributed by atoms with Crippen LogP contribution in [0, 0.1) is 6.92 Å². The summed E-state index contributed by atoms with van der Waals surface area (Å²) in [7, 11) is 0. The molecule has 1 unspecified atom stereocenters. The zero-order valence-corrected chi connectivity index (χ0v) is 17.9. The molecule has 2 aromatic carbocycles. The lowest BCUT2D eigenvalue weighted by molar-refractivity contribution is -0.148. The number of hydrogen-bond donors (Lipinski definition) is 1. The Morgan fingerprint density at radius 1 is 1.03 bits per heavy atom. The first-order valence-electron chi connectivity index (χ1n) is 9.82. The fraction of sp³-hybridized carbons (Fsp3) is 0.250. The molecule has 1 heterocycles. The van der Waals surface area contributed by atoms with Gasteiger partial charge in [0.05, 0.1) is 19.1 Å². The van der Waals surface area contributed by atoms with Crippen molar-refractivity contribution in [1.82, 2.24) is 5.32 Å². The highest BCUT2D eigenvalue weighted by Gasteiger charge is 2.19. The summed E-state index contributed by atoms with van der Waals surface area (Å²) in [6, 6.07) is 18.9. The van der Waals surface area contributed by atoms with Crippen molar-refractivity contribution in [3.8, 4) is 5.75 Å². The summed E-state index contributed by atoms with van der Waals surface area (Å²) in [6.07, 6.45) is 0.103. The highest BCUT2D eigenvalue weighted by atomic mass is 32.1. The van der Waals surface area contributed by atoms with Crippen LogP contribution in [0.1, 0.15) is 34.5 Å². The van der Waals surface area contributed by atoms with Crippen LogP contribution in [-0.2, 0) is 20.7 Å². The number of carbonyl (C=O) groups is 2. The Bertz CT molecular complexity index is 950. The van der Waals surface area contributed by atoms with E-state index in [0.29, 0.717) is 6.61 Å². The van der Waals surface area contributed by atoms with E-state index in [-0.39, 0.29) is 25.0 Å². The lowest BCUT2D eigenvalue weighted by Gasteiger charge is -2.18. The minimum atomic E-state index is -0.447. The minimum Gasteiger partial charge on any atom is -0.494 e. The smallest absolute Gasteiger partial charge is 0.310 e. The van der Waals surface area contributed by atoms with Gasteiger partial charge in [-0.2, -0.15) is 0 Å². The number of benzene rings is 2. The maximum Gasteiger partial charge on any atom is 0.310 e. The molecule has 0 saturated carbocycles. The van der Waals surface area contributed by atoms with Gasteiger partial charge in [0, 0.05) is 4.88 Å². The van der Waals surface area contributed by atoms with E-state index < -0.39 is 5.97 Å². The number of amides is 1. The van der Waals surface area contributed by atoms with Crippen LogP contribution < -0.4 is 10.1 Å². The highest BCUT2D eigenvalue weighted by Crippen LogP contribution is 2.26. The number of carbonyl (C=O) groups excluding carboxylic acids is 2. The molecule has 3 rings (SSSR count). The third-order valence-electron chi connectivity index (χ3n) is 4.49. The third kappa shape index (κ3) is 6.19. The Labute approximate surface area is 180 Å². The first-order chi connectivity index (χ1) is 14.5. The Kier molecular flexibility index (Phi) is 7.63. The van der Waals surface area contributed by atoms with Crippen LogP contribution in [0.2, 0.25) is 0 Å². The number of thiophene rings is 1. The van der Waals surface area contributed by atoms with Crippen molar-refractivity contribution < 1.29 is 19.1 Å². The summed E-state index contributed by atoms with van der Waals surface area (Å²) >= 11 is 1.57. The van der Waals surface area contributed by atoms with Gasteiger partial charge in [-0.05, 0) is 48.6 Å². The van der Waals surface area contributed by atoms with Gasteiger partial charge in [0.1, 0.15) is 5.75 Å². The predicted molar refractivity (Wildman–Crippen MR) is 118 cm³/mol. The van der Waals surface area contributed by atoms with Crippen LogP contribution in [0.4, 0.5) is 0 Å². The molecular formula is C24H25NO4S. The topological polar surface area (TPSA) is 64.6 Å². The fourth-order valence-corrected chi connectivity index (χ4v) is 3.77. The normalized spacial score (nSPS) is 11.5. The van der Waals surface area contributed by atoms with Gasteiger partial charge in [0.2, 0.25) is 0 Å². The molecule has 1 N–H and O–H groups in total. The average molecular weight is 424 g/mol. The largest absolute Gasteiger partial charge is 0.494 e. The first-order valence-corrected chi connectivity index (χ1v) is 10.7. The molecule has 30 heavy (non-hydrogen) atoms. The number of aryl methyl sites for hydroxylation is 1. The zero-order valence-electron chi connectivity index (χ0n) is 17.1. The maximum absolute atomic E-state index is 12.5. The molecule has 1 atom stereocenters. The molecule has 0 bridgehead atoms. The van der Waals surface area contributed by atoms with Crippen LogP contribution in [0.15, 0.2) is 66.0 Å². The maximum atomic E-state index is 12.5. The zero-order chi connectivity index (χ0) is 21.3. The van der Waals surface area contributed by atoms with E-state index in [4.69, 9.17) is 9.47 Å². The predicted octanol–water partition coefficient (Wildman–Crippen LogP) is 4.45. The quantitative estimate of drug-likeness (QED) is 0.517. The number of nitrogens with one attached hydrogen (secondary N) is 1. The van der Waals surface area contributed by atoms with Crippen LogP contribution in [-0.4, -0.2) is 25.1 Å². The van der Waals surface area contributed by atoms with Crippen LogP contribution >= 0.6 is 11.3 Å². The van der Waals surface area contributed by atoms with Crippen molar-refractivity contribution in [2.75, 3.05) is 13.2 Å². The summed E-state index contributed by atoms with van der Waals surface area (Å²) in [5, 5.41) is 4.95. The van der Waals surface area contributed by atoms with Crippen molar-refractivity contribution in [2.24, 2.45) is 0 Å². The molecule has 0 aliphatic rings. The summed E-state index contributed by atoms with van der Waals surface area (Å²) in [6.45, 7) is 4.21. The molecule has 0 aliphatic heterocycles. The van der Waals surface area contributed by atoms with E-state index in [9.17, 15) is 9.59 Å². The Morgan fingerprint density at radius 2 is 1.77 bits per heavy atom. The molecule has 0 aliphatic carbocycles. The summed E-state index contributed by atoms with van der Waals surface area (Å²) in [4.78, 5) is 25.6. The fourth-order valence-electron chi connectivity index (χ4n) is 2.97. The SMILES string of the molecule is CCOc1ccc(CC(=O)OCC(=O)NC(c2ccc(C)cc2)c2cccs2)cc1. The number of esters is 1. The molecule has 3 aromatic rings. The van der Waals surface area contributed by atoms with Crippen molar-refractivity contribution in [1.29, 1.82) is 0 Å². The second kappa shape index (κ2) is 10.6. The summed E-state index contributed by atoms with van der Waals surface area (Å²) in [5.41, 5.74) is 2.94. The molecule has 1 aromatic heterocycles. The Morgan fingerprint density at radius 3 is 2.40 bits per heavy atom. The van der Waals surface area contributed by atoms with Crippen molar-refractivity contribution in [2.45, 2.75) is 26.3 Å². The number of hydrogen-bond acceptors (Lipinski definition) is 5. The van der Waals surface area contributed by atoms with E-state index in [0.717, 1.165) is 27.3 Å². The van der Waals surface area contributed by atoms with E-state index in [1.807, 2.05) is 79.9 Å². The molecule has 156 valence electrons. The van der Waals surface area contributed by atoms with Gasteiger partial charge in [0.25, 0.3) is 5.91 Å². The lowest BCUT2D eigenvalue weighted by atomic mass is 10.0. The van der Waals surface area contributed by atoms with Gasteiger partial charge in [-0.3, -0.25) is 9.59 Å². The number of ether oxygens (including phenoxy) is 2. The van der Waals surface area contributed by atoms with Crippen molar-refractivity contribution in [3.63, 3.8) is 0 Å². The van der Waals surface area contributed by atoms with Gasteiger partial charge in [-0.25, -0.2) is 0 Å². The van der Waals surface area contributed by atoms with Gasteiger partial charge in [0.15, 0.2) is 6.61 Å². The van der Waals surface area contributed by atoms with E-state index >= 15 is 0 Å². The molecule has 0 saturated heterocycles. The summed E-state index contributed by atoms with van der Waals surface area (Å²) < 4.78 is 10.6.